The lowest BCUT2D eigenvalue weighted by molar-refractivity contribution is 1.57. The van der Waals surface area contributed by atoms with Crippen LogP contribution in [0.3, 0.4) is 0 Å². The van der Waals surface area contributed by atoms with E-state index in [0.717, 1.165) is 0 Å². The van der Waals surface area contributed by atoms with Gasteiger partial charge in [0.2, 0.25) is 0 Å². The summed E-state index contributed by atoms with van der Waals surface area (Å²) in [6, 6.07) is 58.0. The molecule has 0 amide bonds. The van der Waals surface area contributed by atoms with Crippen molar-refractivity contribution in [2.75, 3.05) is 0 Å². The molecule has 0 aliphatic rings. The Hall–Kier alpha value is -5.02. The van der Waals surface area contributed by atoms with Crippen molar-refractivity contribution in [3.05, 3.63) is 158 Å². The van der Waals surface area contributed by atoms with E-state index in [0.29, 0.717) is 0 Å². The van der Waals surface area contributed by atoms with Crippen molar-refractivity contribution in [2.24, 2.45) is 0 Å². The van der Waals surface area contributed by atoms with Gasteiger partial charge in [-0.1, -0.05) is 109 Å². The maximum Gasteiger partial charge on any atom is 0.0361 e. The Morgan fingerprint density at radius 3 is 1.20 bits per heavy atom. The monoisotopic (exact) mass is 594 g/mol. The molecule has 0 atom stereocenters. The zero-order valence-electron chi connectivity index (χ0n) is 23.8. The summed E-state index contributed by atoms with van der Waals surface area (Å²) in [5.41, 5.74) is 9.87. The molecular weight excluding hydrogens is 569 g/mol. The second-order valence-electron chi connectivity index (χ2n) is 11.4. The first-order chi connectivity index (χ1) is 21.8. The SMILES string of the molecule is c1ccc(-c2cc(-c3cccc(-c4ccc5c(c4)sc4ccccc45)c3)cc(-c3ccc4c(c3)sc3ccccc34)c2)cc1. The zero-order valence-corrected chi connectivity index (χ0v) is 25.5. The summed E-state index contributed by atoms with van der Waals surface area (Å²) in [5.74, 6) is 0. The Balaban J connectivity index is 1.18. The summed E-state index contributed by atoms with van der Waals surface area (Å²) >= 11 is 3.75. The van der Waals surface area contributed by atoms with E-state index in [1.54, 1.807) is 0 Å². The molecule has 0 unspecified atom stereocenters. The van der Waals surface area contributed by atoms with Gasteiger partial charge in [-0.3, -0.25) is 0 Å². The fourth-order valence-electron chi connectivity index (χ4n) is 6.45. The molecule has 0 saturated heterocycles. The van der Waals surface area contributed by atoms with Gasteiger partial charge in [0.05, 0.1) is 0 Å². The smallest absolute Gasteiger partial charge is 0.0361 e. The second kappa shape index (κ2) is 10.3. The topological polar surface area (TPSA) is 0 Å². The standard InChI is InChI=1S/C42H26S2/c1-2-9-27(10-3-1)32-22-33(24-34(23-32)31-18-20-38-36-14-5-7-16-40(36)44-42(38)26-31)29-12-8-11-28(21-29)30-17-19-37-35-13-4-6-15-39(35)43-41(37)25-30/h1-26H. The third kappa shape index (κ3) is 4.34. The summed E-state index contributed by atoms with van der Waals surface area (Å²) in [6.07, 6.45) is 0. The van der Waals surface area contributed by atoms with Crippen molar-refractivity contribution < 1.29 is 0 Å². The molecule has 0 radical (unpaired) electrons. The Labute approximate surface area is 264 Å². The summed E-state index contributed by atoms with van der Waals surface area (Å²) in [4.78, 5) is 0. The van der Waals surface area contributed by atoms with Crippen LogP contribution < -0.4 is 0 Å². The molecule has 44 heavy (non-hydrogen) atoms. The minimum atomic E-state index is 1.22. The van der Waals surface area contributed by atoms with Gasteiger partial charge in [-0.25, -0.2) is 0 Å². The highest BCUT2D eigenvalue weighted by Crippen LogP contribution is 2.40. The van der Waals surface area contributed by atoms with Crippen LogP contribution in [0.4, 0.5) is 0 Å². The maximum atomic E-state index is 2.37. The summed E-state index contributed by atoms with van der Waals surface area (Å²) in [6.45, 7) is 0. The van der Waals surface area contributed by atoms with Gasteiger partial charge in [0.15, 0.2) is 0 Å². The fourth-order valence-corrected chi connectivity index (χ4v) is 8.74. The number of fused-ring (bicyclic) bond motifs is 6. The van der Waals surface area contributed by atoms with Crippen LogP contribution in [0, 0.1) is 0 Å². The number of rotatable bonds is 4. The highest BCUT2D eigenvalue weighted by Gasteiger charge is 2.12. The number of hydrogen-bond donors (Lipinski definition) is 0. The van der Waals surface area contributed by atoms with E-state index in [1.165, 1.54) is 84.9 Å². The van der Waals surface area contributed by atoms with E-state index in [9.17, 15) is 0 Å². The molecule has 0 fully saturated rings. The first-order valence-corrected chi connectivity index (χ1v) is 16.5. The van der Waals surface area contributed by atoms with Gasteiger partial charge in [0.25, 0.3) is 0 Å². The lowest BCUT2D eigenvalue weighted by atomic mass is 9.92. The highest BCUT2D eigenvalue weighted by atomic mass is 32.1. The predicted octanol–water partition coefficient (Wildman–Crippen LogP) is 13.1. The van der Waals surface area contributed by atoms with Crippen LogP contribution in [0.5, 0.6) is 0 Å². The molecule has 206 valence electrons. The lowest BCUT2D eigenvalue weighted by Crippen LogP contribution is -1.87. The van der Waals surface area contributed by atoms with Gasteiger partial charge >= 0.3 is 0 Å². The molecular formula is C42H26S2. The van der Waals surface area contributed by atoms with Crippen LogP contribution in [0.1, 0.15) is 0 Å². The molecule has 7 aromatic carbocycles. The van der Waals surface area contributed by atoms with E-state index < -0.39 is 0 Å². The minimum absolute atomic E-state index is 1.22. The minimum Gasteiger partial charge on any atom is -0.135 e. The Morgan fingerprint density at radius 1 is 0.227 bits per heavy atom. The Morgan fingerprint density at radius 2 is 0.614 bits per heavy atom. The fraction of sp³-hybridized carbons (Fsp3) is 0. The first-order valence-electron chi connectivity index (χ1n) is 14.9. The quantitative estimate of drug-likeness (QED) is 0.190. The average Bonchev–Trinajstić information content (AvgIpc) is 3.66. The van der Waals surface area contributed by atoms with E-state index >= 15 is 0 Å². The average molecular weight is 595 g/mol. The Bertz CT molecular complexity index is 2490. The Kier molecular flexibility index (Phi) is 5.97. The molecule has 0 aliphatic carbocycles. The van der Waals surface area contributed by atoms with Crippen LogP contribution in [0.25, 0.3) is 84.9 Å². The van der Waals surface area contributed by atoms with Crippen molar-refractivity contribution >= 4 is 63.0 Å². The summed E-state index contributed by atoms with van der Waals surface area (Å²) in [7, 11) is 0. The molecule has 2 heterocycles. The van der Waals surface area contributed by atoms with Gasteiger partial charge in [0.1, 0.15) is 0 Å². The van der Waals surface area contributed by atoms with Crippen LogP contribution in [0.15, 0.2) is 158 Å². The normalized spacial score (nSPS) is 11.6. The van der Waals surface area contributed by atoms with E-state index in [1.807, 2.05) is 22.7 Å². The number of benzene rings is 7. The van der Waals surface area contributed by atoms with Gasteiger partial charge < -0.3 is 0 Å². The van der Waals surface area contributed by atoms with Crippen molar-refractivity contribution in [1.82, 2.24) is 0 Å². The molecule has 0 spiro atoms. The highest BCUT2D eigenvalue weighted by molar-refractivity contribution is 7.26. The van der Waals surface area contributed by atoms with Crippen LogP contribution in [-0.4, -0.2) is 0 Å². The number of thiophene rings is 2. The molecule has 2 heteroatoms. The van der Waals surface area contributed by atoms with Gasteiger partial charge in [0, 0.05) is 40.3 Å². The van der Waals surface area contributed by atoms with E-state index in [2.05, 4.69) is 158 Å². The predicted molar refractivity (Wildman–Crippen MR) is 194 cm³/mol. The van der Waals surface area contributed by atoms with Crippen molar-refractivity contribution in [3.63, 3.8) is 0 Å². The van der Waals surface area contributed by atoms with Crippen molar-refractivity contribution in [2.45, 2.75) is 0 Å². The second-order valence-corrected chi connectivity index (χ2v) is 13.5. The molecule has 0 bridgehead atoms. The molecule has 0 nitrogen and oxygen atoms in total. The van der Waals surface area contributed by atoms with Gasteiger partial charge in [-0.2, -0.15) is 0 Å². The van der Waals surface area contributed by atoms with E-state index in [-0.39, 0.29) is 0 Å². The summed E-state index contributed by atoms with van der Waals surface area (Å²) in [5, 5.41) is 5.34. The molecule has 9 aromatic rings. The van der Waals surface area contributed by atoms with E-state index in [4.69, 9.17) is 0 Å². The lowest BCUT2D eigenvalue weighted by Gasteiger charge is -2.13. The zero-order chi connectivity index (χ0) is 29.0. The van der Waals surface area contributed by atoms with Crippen LogP contribution in [0.2, 0.25) is 0 Å². The van der Waals surface area contributed by atoms with Crippen LogP contribution >= 0.6 is 22.7 Å². The largest absolute Gasteiger partial charge is 0.135 e. The third-order valence-corrected chi connectivity index (χ3v) is 10.9. The molecule has 9 rings (SSSR count). The summed E-state index contributed by atoms with van der Waals surface area (Å²) < 4.78 is 5.34. The first kappa shape index (κ1) is 25.5. The molecule has 0 aliphatic heterocycles. The van der Waals surface area contributed by atoms with Crippen molar-refractivity contribution in [1.29, 1.82) is 0 Å². The molecule has 2 aromatic heterocycles. The third-order valence-electron chi connectivity index (χ3n) is 8.66. The number of hydrogen-bond acceptors (Lipinski definition) is 2. The van der Waals surface area contributed by atoms with Crippen LogP contribution in [-0.2, 0) is 0 Å². The van der Waals surface area contributed by atoms with Gasteiger partial charge in [-0.15, -0.1) is 22.7 Å². The molecule has 0 saturated carbocycles. The van der Waals surface area contributed by atoms with Crippen molar-refractivity contribution in [3.8, 4) is 44.5 Å². The molecule has 0 N–H and O–H groups in total. The maximum absolute atomic E-state index is 2.37. The van der Waals surface area contributed by atoms with Gasteiger partial charge in [-0.05, 0) is 93.0 Å².